The molecule has 0 saturated carbocycles. The van der Waals surface area contributed by atoms with Crippen LogP contribution in [0.2, 0.25) is 0 Å². The van der Waals surface area contributed by atoms with Gasteiger partial charge in [-0.1, -0.05) is 18.2 Å². The minimum atomic E-state index is 0.0682. The molecule has 0 saturated heterocycles. The van der Waals surface area contributed by atoms with E-state index in [1.165, 1.54) is 4.90 Å². The highest BCUT2D eigenvalue weighted by atomic mass is 32.2. The molecule has 1 N–H and O–H groups in total. The second-order valence-electron chi connectivity index (χ2n) is 4.84. The molecule has 0 radical (unpaired) electrons. The second-order valence-corrected chi connectivity index (χ2v) is 6.01. The topological polar surface area (TPSA) is 36.1 Å². The SMILES string of the molecule is CC(C)N(CCSc1ccccc1)C(=O)c1ccc[nH]1. The van der Waals surface area contributed by atoms with Gasteiger partial charge in [-0.05, 0) is 38.1 Å². The highest BCUT2D eigenvalue weighted by Gasteiger charge is 2.18. The van der Waals surface area contributed by atoms with Crippen molar-refractivity contribution in [2.45, 2.75) is 24.8 Å². The minimum Gasteiger partial charge on any atom is -0.357 e. The van der Waals surface area contributed by atoms with E-state index < -0.39 is 0 Å². The van der Waals surface area contributed by atoms with Gasteiger partial charge in [0.1, 0.15) is 5.69 Å². The first-order valence-electron chi connectivity index (χ1n) is 6.80. The number of carbonyl (C=O) groups excluding carboxylic acids is 1. The molecule has 1 aromatic carbocycles. The molecule has 106 valence electrons. The lowest BCUT2D eigenvalue weighted by Gasteiger charge is -2.26. The standard InChI is InChI=1S/C16H20N2OS/c1-13(2)18(16(19)15-9-6-10-17-15)11-12-20-14-7-4-3-5-8-14/h3-10,13,17H,11-12H2,1-2H3. The van der Waals surface area contributed by atoms with Crippen LogP contribution in [-0.2, 0) is 0 Å². The number of amides is 1. The molecule has 2 rings (SSSR count). The predicted molar refractivity (Wildman–Crippen MR) is 84.1 cm³/mol. The third kappa shape index (κ3) is 3.90. The Morgan fingerprint density at radius 1 is 1.20 bits per heavy atom. The van der Waals surface area contributed by atoms with Crippen LogP contribution in [0.1, 0.15) is 24.3 Å². The van der Waals surface area contributed by atoms with Crippen molar-refractivity contribution in [3.8, 4) is 0 Å². The monoisotopic (exact) mass is 288 g/mol. The molecule has 1 aromatic heterocycles. The van der Waals surface area contributed by atoms with Crippen LogP contribution in [0.3, 0.4) is 0 Å². The van der Waals surface area contributed by atoms with Crippen molar-refractivity contribution < 1.29 is 4.79 Å². The summed E-state index contributed by atoms with van der Waals surface area (Å²) in [5.41, 5.74) is 0.656. The van der Waals surface area contributed by atoms with E-state index in [9.17, 15) is 4.79 Å². The normalized spacial score (nSPS) is 10.8. The van der Waals surface area contributed by atoms with E-state index in [0.717, 1.165) is 12.3 Å². The van der Waals surface area contributed by atoms with Gasteiger partial charge in [-0.25, -0.2) is 0 Å². The molecule has 0 aliphatic rings. The molecule has 0 spiro atoms. The number of nitrogens with one attached hydrogen (secondary N) is 1. The highest BCUT2D eigenvalue weighted by molar-refractivity contribution is 7.99. The zero-order valence-electron chi connectivity index (χ0n) is 11.9. The van der Waals surface area contributed by atoms with Gasteiger partial charge in [0.25, 0.3) is 5.91 Å². The molecule has 0 aliphatic carbocycles. The molecule has 0 fully saturated rings. The third-order valence-corrected chi connectivity index (χ3v) is 4.05. The first-order chi connectivity index (χ1) is 9.68. The van der Waals surface area contributed by atoms with E-state index in [1.807, 2.05) is 49.1 Å². The van der Waals surface area contributed by atoms with Crippen molar-refractivity contribution >= 4 is 17.7 Å². The number of aromatic nitrogens is 1. The Morgan fingerprint density at radius 3 is 2.55 bits per heavy atom. The molecule has 3 nitrogen and oxygen atoms in total. The molecule has 0 unspecified atom stereocenters. The Hall–Kier alpha value is -1.68. The van der Waals surface area contributed by atoms with Gasteiger partial charge in [0.15, 0.2) is 0 Å². The highest BCUT2D eigenvalue weighted by Crippen LogP contribution is 2.18. The molecule has 4 heteroatoms. The first kappa shape index (κ1) is 14.7. The van der Waals surface area contributed by atoms with Crippen molar-refractivity contribution in [1.29, 1.82) is 0 Å². The number of rotatable bonds is 6. The summed E-state index contributed by atoms with van der Waals surface area (Å²) in [6.45, 7) is 4.84. The zero-order chi connectivity index (χ0) is 14.4. The molecular formula is C16H20N2OS. The lowest BCUT2D eigenvalue weighted by Crippen LogP contribution is -2.38. The average molecular weight is 288 g/mol. The summed E-state index contributed by atoms with van der Waals surface area (Å²) in [7, 11) is 0. The lowest BCUT2D eigenvalue weighted by atomic mass is 10.3. The Kier molecular flexibility index (Phi) is 5.30. The van der Waals surface area contributed by atoms with E-state index >= 15 is 0 Å². The van der Waals surface area contributed by atoms with E-state index in [4.69, 9.17) is 0 Å². The van der Waals surface area contributed by atoms with Crippen LogP contribution in [0, 0.1) is 0 Å². The van der Waals surface area contributed by atoms with Gasteiger partial charge in [0.05, 0.1) is 0 Å². The van der Waals surface area contributed by atoms with Crippen LogP contribution >= 0.6 is 11.8 Å². The molecule has 0 atom stereocenters. The van der Waals surface area contributed by atoms with Gasteiger partial charge < -0.3 is 9.88 Å². The Morgan fingerprint density at radius 2 is 1.95 bits per heavy atom. The second kappa shape index (κ2) is 7.20. The summed E-state index contributed by atoms with van der Waals surface area (Å²) >= 11 is 1.78. The molecule has 20 heavy (non-hydrogen) atoms. The van der Waals surface area contributed by atoms with Gasteiger partial charge in [0.2, 0.25) is 0 Å². The fraction of sp³-hybridized carbons (Fsp3) is 0.312. The molecule has 0 aliphatic heterocycles. The number of hydrogen-bond donors (Lipinski definition) is 1. The first-order valence-corrected chi connectivity index (χ1v) is 7.79. The van der Waals surface area contributed by atoms with Crippen LogP contribution in [0.15, 0.2) is 53.6 Å². The number of benzene rings is 1. The average Bonchev–Trinajstić information content (AvgIpc) is 2.98. The van der Waals surface area contributed by atoms with Crippen LogP contribution < -0.4 is 0 Å². The van der Waals surface area contributed by atoms with Crippen molar-refractivity contribution in [3.05, 3.63) is 54.4 Å². The maximum Gasteiger partial charge on any atom is 0.270 e. The van der Waals surface area contributed by atoms with Crippen LogP contribution in [0.5, 0.6) is 0 Å². The summed E-state index contributed by atoms with van der Waals surface area (Å²) < 4.78 is 0. The molecule has 2 aromatic rings. The van der Waals surface area contributed by atoms with Crippen LogP contribution in [0.25, 0.3) is 0 Å². The van der Waals surface area contributed by atoms with E-state index in [2.05, 4.69) is 17.1 Å². The number of hydrogen-bond acceptors (Lipinski definition) is 2. The maximum absolute atomic E-state index is 12.4. The zero-order valence-corrected chi connectivity index (χ0v) is 12.7. The Labute approximate surface area is 124 Å². The van der Waals surface area contributed by atoms with E-state index in [-0.39, 0.29) is 11.9 Å². The Bertz CT molecular complexity index is 523. The van der Waals surface area contributed by atoms with Gasteiger partial charge in [-0.15, -0.1) is 11.8 Å². The summed E-state index contributed by atoms with van der Waals surface area (Å²) in [5.74, 6) is 0.966. The van der Waals surface area contributed by atoms with Gasteiger partial charge in [-0.2, -0.15) is 0 Å². The summed E-state index contributed by atoms with van der Waals surface area (Å²) in [6.07, 6.45) is 1.78. The fourth-order valence-corrected chi connectivity index (χ4v) is 2.86. The van der Waals surface area contributed by atoms with Gasteiger partial charge in [-0.3, -0.25) is 4.79 Å². The van der Waals surface area contributed by atoms with Crippen molar-refractivity contribution in [2.75, 3.05) is 12.3 Å². The van der Waals surface area contributed by atoms with Crippen molar-refractivity contribution in [2.24, 2.45) is 0 Å². The maximum atomic E-state index is 12.4. The van der Waals surface area contributed by atoms with Gasteiger partial charge in [0, 0.05) is 29.4 Å². The molecule has 1 amide bonds. The number of nitrogens with zero attached hydrogens (tertiary/aromatic N) is 1. The number of thioether (sulfide) groups is 1. The number of H-pyrrole nitrogens is 1. The Balaban J connectivity index is 1.91. The van der Waals surface area contributed by atoms with E-state index in [0.29, 0.717) is 5.69 Å². The quantitative estimate of drug-likeness (QED) is 0.824. The number of aromatic amines is 1. The van der Waals surface area contributed by atoms with Gasteiger partial charge >= 0.3 is 0 Å². The lowest BCUT2D eigenvalue weighted by molar-refractivity contribution is 0.0713. The van der Waals surface area contributed by atoms with Crippen molar-refractivity contribution in [1.82, 2.24) is 9.88 Å². The third-order valence-electron chi connectivity index (χ3n) is 3.06. The molecule has 1 heterocycles. The predicted octanol–water partition coefficient (Wildman–Crippen LogP) is 3.66. The largest absolute Gasteiger partial charge is 0.357 e. The van der Waals surface area contributed by atoms with Crippen LogP contribution in [-0.4, -0.2) is 34.1 Å². The summed E-state index contributed by atoms with van der Waals surface area (Å²) in [5, 5.41) is 0. The summed E-state index contributed by atoms with van der Waals surface area (Å²) in [6, 6.07) is 14.1. The minimum absolute atomic E-state index is 0.0682. The number of carbonyl (C=O) groups is 1. The molecule has 0 bridgehead atoms. The van der Waals surface area contributed by atoms with E-state index in [1.54, 1.807) is 18.0 Å². The smallest absolute Gasteiger partial charge is 0.270 e. The summed E-state index contributed by atoms with van der Waals surface area (Å²) in [4.78, 5) is 18.5. The fourth-order valence-electron chi connectivity index (χ4n) is 1.99. The molecular weight excluding hydrogens is 268 g/mol. The van der Waals surface area contributed by atoms with Crippen LogP contribution in [0.4, 0.5) is 0 Å². The van der Waals surface area contributed by atoms with Crippen molar-refractivity contribution in [3.63, 3.8) is 0 Å².